The lowest BCUT2D eigenvalue weighted by atomic mass is 9.83. The van der Waals surface area contributed by atoms with Crippen LogP contribution in [0.1, 0.15) is 63.1 Å². The average Bonchev–Trinajstić information content (AvgIpc) is 2.98. The van der Waals surface area contributed by atoms with Crippen molar-refractivity contribution in [1.29, 1.82) is 0 Å². The summed E-state index contributed by atoms with van der Waals surface area (Å²) >= 11 is 1.72. The SMILES string of the molecule is CN=C(NCc1nc(C(C)C)cs1)NCC1CCC(C)CC1. The molecule has 1 aromatic rings. The van der Waals surface area contributed by atoms with Crippen molar-refractivity contribution in [2.75, 3.05) is 13.6 Å². The van der Waals surface area contributed by atoms with Crippen molar-refractivity contribution in [3.63, 3.8) is 0 Å². The Morgan fingerprint density at radius 3 is 2.64 bits per heavy atom. The summed E-state index contributed by atoms with van der Waals surface area (Å²) in [4.78, 5) is 8.96. The van der Waals surface area contributed by atoms with Gasteiger partial charge in [-0.15, -0.1) is 11.3 Å². The topological polar surface area (TPSA) is 49.3 Å². The zero-order chi connectivity index (χ0) is 15.9. The van der Waals surface area contributed by atoms with E-state index in [2.05, 4.69) is 46.8 Å². The van der Waals surface area contributed by atoms with Crippen LogP contribution in [-0.2, 0) is 6.54 Å². The summed E-state index contributed by atoms with van der Waals surface area (Å²) < 4.78 is 0. The Balaban J connectivity index is 1.72. The second kappa shape index (κ2) is 8.51. The highest BCUT2D eigenvalue weighted by Gasteiger charge is 2.18. The standard InChI is InChI=1S/C17H30N4S/c1-12(2)15-11-22-16(21-15)10-20-17(18-4)19-9-14-7-5-13(3)6-8-14/h11-14H,5-10H2,1-4H3,(H2,18,19,20). The number of thiazole rings is 1. The monoisotopic (exact) mass is 322 g/mol. The van der Waals surface area contributed by atoms with Crippen LogP contribution in [0.15, 0.2) is 10.4 Å². The maximum Gasteiger partial charge on any atom is 0.191 e. The second-order valence-electron chi connectivity index (χ2n) is 6.75. The summed E-state index contributed by atoms with van der Waals surface area (Å²) in [7, 11) is 1.83. The highest BCUT2D eigenvalue weighted by Crippen LogP contribution is 2.27. The Labute approximate surface area is 138 Å². The number of guanidine groups is 1. The quantitative estimate of drug-likeness (QED) is 0.641. The third kappa shape index (κ3) is 5.27. The predicted octanol–water partition coefficient (Wildman–Crippen LogP) is 3.76. The van der Waals surface area contributed by atoms with Crippen LogP contribution in [0.25, 0.3) is 0 Å². The van der Waals surface area contributed by atoms with Crippen LogP contribution in [0, 0.1) is 11.8 Å². The molecule has 0 aliphatic heterocycles. The van der Waals surface area contributed by atoms with Crippen molar-refractivity contribution in [2.24, 2.45) is 16.8 Å². The van der Waals surface area contributed by atoms with Gasteiger partial charge in [0.25, 0.3) is 0 Å². The molecule has 1 aliphatic rings. The van der Waals surface area contributed by atoms with Gasteiger partial charge in [0.2, 0.25) is 0 Å². The van der Waals surface area contributed by atoms with E-state index in [1.165, 1.54) is 31.4 Å². The molecule has 0 saturated heterocycles. The summed E-state index contributed by atoms with van der Waals surface area (Å²) in [6, 6.07) is 0. The van der Waals surface area contributed by atoms with Crippen molar-refractivity contribution in [3.05, 3.63) is 16.1 Å². The van der Waals surface area contributed by atoms with Gasteiger partial charge >= 0.3 is 0 Å². The van der Waals surface area contributed by atoms with Crippen LogP contribution >= 0.6 is 11.3 Å². The third-order valence-corrected chi connectivity index (χ3v) is 5.35. The van der Waals surface area contributed by atoms with E-state index in [4.69, 9.17) is 0 Å². The smallest absolute Gasteiger partial charge is 0.191 e. The fourth-order valence-electron chi connectivity index (χ4n) is 2.83. The number of hydrogen-bond acceptors (Lipinski definition) is 3. The number of aliphatic imine (C=N–C) groups is 1. The van der Waals surface area contributed by atoms with Gasteiger partial charge in [0.05, 0.1) is 12.2 Å². The normalized spacial score (nSPS) is 22.9. The molecule has 2 N–H and O–H groups in total. The third-order valence-electron chi connectivity index (χ3n) is 4.49. The molecular formula is C17H30N4S. The van der Waals surface area contributed by atoms with Gasteiger partial charge in [0, 0.05) is 19.0 Å². The van der Waals surface area contributed by atoms with Gasteiger partial charge in [-0.05, 0) is 30.6 Å². The van der Waals surface area contributed by atoms with Crippen LogP contribution in [-0.4, -0.2) is 24.5 Å². The number of rotatable bonds is 5. The van der Waals surface area contributed by atoms with Gasteiger partial charge in [-0.3, -0.25) is 4.99 Å². The van der Waals surface area contributed by atoms with Gasteiger partial charge in [-0.1, -0.05) is 33.6 Å². The molecule has 124 valence electrons. The summed E-state index contributed by atoms with van der Waals surface area (Å²) in [5.41, 5.74) is 1.18. The maximum absolute atomic E-state index is 4.65. The van der Waals surface area contributed by atoms with E-state index in [-0.39, 0.29) is 0 Å². The van der Waals surface area contributed by atoms with E-state index in [0.717, 1.165) is 35.9 Å². The molecule has 0 atom stereocenters. The van der Waals surface area contributed by atoms with E-state index in [1.54, 1.807) is 11.3 Å². The first kappa shape index (κ1) is 17.3. The Morgan fingerprint density at radius 1 is 1.32 bits per heavy atom. The molecule has 1 fully saturated rings. The predicted molar refractivity (Wildman–Crippen MR) is 95.5 cm³/mol. The van der Waals surface area contributed by atoms with Crippen LogP contribution < -0.4 is 10.6 Å². The second-order valence-corrected chi connectivity index (χ2v) is 7.70. The molecule has 4 nitrogen and oxygen atoms in total. The molecule has 5 heteroatoms. The highest BCUT2D eigenvalue weighted by molar-refractivity contribution is 7.09. The Kier molecular flexibility index (Phi) is 6.68. The lowest BCUT2D eigenvalue weighted by molar-refractivity contribution is 0.289. The molecule has 2 rings (SSSR count). The summed E-state index contributed by atoms with van der Waals surface area (Å²) in [5, 5.41) is 10.1. The Hall–Kier alpha value is -1.10. The van der Waals surface area contributed by atoms with Crippen LogP contribution in [0.5, 0.6) is 0 Å². The molecule has 1 saturated carbocycles. The van der Waals surface area contributed by atoms with Gasteiger partial charge in [-0.2, -0.15) is 0 Å². The molecule has 1 heterocycles. The number of nitrogens with zero attached hydrogens (tertiary/aromatic N) is 2. The van der Waals surface area contributed by atoms with Crippen LogP contribution in [0.3, 0.4) is 0 Å². The minimum atomic E-state index is 0.496. The number of nitrogens with one attached hydrogen (secondary N) is 2. The van der Waals surface area contributed by atoms with Gasteiger partial charge in [0.15, 0.2) is 5.96 Å². The van der Waals surface area contributed by atoms with Crippen molar-refractivity contribution < 1.29 is 0 Å². The molecule has 0 aromatic carbocycles. The zero-order valence-corrected chi connectivity index (χ0v) is 15.2. The molecule has 0 bridgehead atoms. The number of hydrogen-bond donors (Lipinski definition) is 2. The molecule has 0 radical (unpaired) electrons. The first-order chi connectivity index (χ1) is 10.6. The van der Waals surface area contributed by atoms with Crippen molar-refractivity contribution >= 4 is 17.3 Å². The largest absolute Gasteiger partial charge is 0.356 e. The molecule has 0 unspecified atom stereocenters. The highest BCUT2D eigenvalue weighted by atomic mass is 32.1. The minimum Gasteiger partial charge on any atom is -0.356 e. The van der Waals surface area contributed by atoms with E-state index < -0.39 is 0 Å². The summed E-state index contributed by atoms with van der Waals surface area (Å²) in [6.45, 7) is 8.50. The van der Waals surface area contributed by atoms with E-state index in [0.29, 0.717) is 5.92 Å². The summed E-state index contributed by atoms with van der Waals surface area (Å²) in [5.74, 6) is 3.09. The fourth-order valence-corrected chi connectivity index (χ4v) is 3.72. The van der Waals surface area contributed by atoms with E-state index in [9.17, 15) is 0 Å². The van der Waals surface area contributed by atoms with Gasteiger partial charge in [-0.25, -0.2) is 4.98 Å². The molecule has 1 aliphatic carbocycles. The lowest BCUT2D eigenvalue weighted by Crippen LogP contribution is -2.40. The molecule has 1 aromatic heterocycles. The maximum atomic E-state index is 4.65. The Bertz CT molecular complexity index is 473. The average molecular weight is 323 g/mol. The zero-order valence-electron chi connectivity index (χ0n) is 14.4. The van der Waals surface area contributed by atoms with Crippen molar-refractivity contribution in [2.45, 2.75) is 58.9 Å². The minimum absolute atomic E-state index is 0.496. The molecule has 22 heavy (non-hydrogen) atoms. The van der Waals surface area contributed by atoms with Gasteiger partial charge in [0.1, 0.15) is 5.01 Å². The lowest BCUT2D eigenvalue weighted by Gasteiger charge is -2.26. The molecular weight excluding hydrogens is 292 g/mol. The van der Waals surface area contributed by atoms with Crippen LogP contribution in [0.2, 0.25) is 0 Å². The summed E-state index contributed by atoms with van der Waals surface area (Å²) in [6.07, 6.45) is 5.43. The van der Waals surface area contributed by atoms with Crippen molar-refractivity contribution in [3.8, 4) is 0 Å². The molecule has 0 amide bonds. The van der Waals surface area contributed by atoms with Crippen LogP contribution in [0.4, 0.5) is 0 Å². The van der Waals surface area contributed by atoms with Crippen molar-refractivity contribution in [1.82, 2.24) is 15.6 Å². The first-order valence-corrected chi connectivity index (χ1v) is 9.35. The number of aromatic nitrogens is 1. The molecule has 0 spiro atoms. The van der Waals surface area contributed by atoms with E-state index >= 15 is 0 Å². The first-order valence-electron chi connectivity index (χ1n) is 8.47. The fraction of sp³-hybridized carbons (Fsp3) is 0.765. The van der Waals surface area contributed by atoms with Gasteiger partial charge < -0.3 is 10.6 Å². The Morgan fingerprint density at radius 2 is 2.05 bits per heavy atom. The van der Waals surface area contributed by atoms with E-state index in [1.807, 2.05) is 7.05 Å².